The molecular formula is C17H13NO. The molecule has 0 spiro atoms. The summed E-state index contributed by atoms with van der Waals surface area (Å²) in [5.74, 6) is 0.992. The topological polar surface area (TPSA) is 36.9 Å². The van der Waals surface area contributed by atoms with Gasteiger partial charge in [-0.1, -0.05) is 30.3 Å². The maximum Gasteiger partial charge on any atom is 0.134 e. The van der Waals surface area contributed by atoms with Crippen LogP contribution in [0.1, 0.15) is 22.5 Å². The monoisotopic (exact) mass is 247 g/mol. The van der Waals surface area contributed by atoms with Crippen LogP contribution in [0.3, 0.4) is 0 Å². The third-order valence-corrected chi connectivity index (χ3v) is 3.39. The van der Waals surface area contributed by atoms with E-state index in [1.165, 1.54) is 10.9 Å². The summed E-state index contributed by atoms with van der Waals surface area (Å²) >= 11 is 0. The number of nitrogens with zero attached hydrogens (tertiary/aromatic N) is 1. The number of aryl methyl sites for hydroxylation is 1. The van der Waals surface area contributed by atoms with E-state index in [0.29, 0.717) is 5.56 Å². The van der Waals surface area contributed by atoms with Crippen LogP contribution in [0.4, 0.5) is 0 Å². The second-order valence-corrected chi connectivity index (χ2v) is 4.63. The molecule has 0 aliphatic heterocycles. The lowest BCUT2D eigenvalue weighted by molar-refractivity contribution is 0.559. The second-order valence-electron chi connectivity index (χ2n) is 4.63. The number of para-hydroxylation sites is 1. The van der Waals surface area contributed by atoms with Crippen LogP contribution < -0.4 is 0 Å². The van der Waals surface area contributed by atoms with Gasteiger partial charge in [-0.05, 0) is 36.2 Å². The van der Waals surface area contributed by atoms with Crippen molar-refractivity contribution in [2.45, 2.75) is 13.3 Å². The molecule has 0 aliphatic carbocycles. The van der Waals surface area contributed by atoms with Crippen molar-refractivity contribution < 1.29 is 4.42 Å². The summed E-state index contributed by atoms with van der Waals surface area (Å²) in [6, 6.07) is 17.8. The van der Waals surface area contributed by atoms with Crippen LogP contribution in [-0.4, -0.2) is 0 Å². The van der Waals surface area contributed by atoms with Crippen molar-refractivity contribution in [1.29, 1.82) is 5.26 Å². The van der Waals surface area contributed by atoms with Crippen LogP contribution in [0.5, 0.6) is 0 Å². The fourth-order valence-electron chi connectivity index (χ4n) is 2.28. The number of furan rings is 1. The van der Waals surface area contributed by atoms with Crippen LogP contribution in [-0.2, 0) is 6.42 Å². The summed E-state index contributed by atoms with van der Waals surface area (Å²) in [7, 11) is 0. The van der Waals surface area contributed by atoms with E-state index in [-0.39, 0.29) is 0 Å². The molecule has 0 radical (unpaired) electrons. The number of fused-ring (bicyclic) bond motifs is 1. The predicted molar refractivity (Wildman–Crippen MR) is 74.9 cm³/mol. The van der Waals surface area contributed by atoms with Crippen LogP contribution in [0.25, 0.3) is 11.0 Å². The van der Waals surface area contributed by atoms with E-state index in [1.807, 2.05) is 42.5 Å². The zero-order valence-corrected chi connectivity index (χ0v) is 10.7. The Morgan fingerprint density at radius 3 is 2.47 bits per heavy atom. The van der Waals surface area contributed by atoms with Gasteiger partial charge in [0.2, 0.25) is 0 Å². The standard InChI is InChI=1S/C17H13NO/c1-12-15-4-2-3-5-16(15)19-17(12)10-13-6-8-14(11-18)9-7-13/h2-9H,10H2,1H3. The second kappa shape index (κ2) is 4.62. The fourth-order valence-corrected chi connectivity index (χ4v) is 2.28. The molecule has 0 N–H and O–H groups in total. The summed E-state index contributed by atoms with van der Waals surface area (Å²) in [6.07, 6.45) is 0.756. The van der Waals surface area contributed by atoms with E-state index in [1.54, 1.807) is 0 Å². The first kappa shape index (κ1) is 11.6. The van der Waals surface area contributed by atoms with Crippen LogP contribution in [0.15, 0.2) is 52.9 Å². The summed E-state index contributed by atoms with van der Waals surface area (Å²) in [6.45, 7) is 2.09. The highest BCUT2D eigenvalue weighted by atomic mass is 16.3. The Labute approximate surface area is 111 Å². The molecule has 0 saturated carbocycles. The zero-order chi connectivity index (χ0) is 13.2. The molecule has 3 rings (SSSR count). The van der Waals surface area contributed by atoms with Gasteiger partial charge in [-0.3, -0.25) is 0 Å². The Bertz CT molecular complexity index is 760. The van der Waals surface area contributed by atoms with Crippen LogP contribution in [0, 0.1) is 18.3 Å². The molecule has 0 atom stereocenters. The van der Waals surface area contributed by atoms with Gasteiger partial charge in [-0.15, -0.1) is 0 Å². The largest absolute Gasteiger partial charge is 0.460 e. The molecule has 3 aromatic rings. The van der Waals surface area contributed by atoms with Crippen LogP contribution >= 0.6 is 0 Å². The molecule has 1 aromatic heterocycles. The minimum atomic E-state index is 0.685. The Hall–Kier alpha value is -2.53. The summed E-state index contributed by atoms with van der Waals surface area (Å²) in [5.41, 5.74) is 3.97. The molecule has 0 fully saturated rings. The van der Waals surface area contributed by atoms with E-state index in [0.717, 1.165) is 23.3 Å². The molecule has 2 aromatic carbocycles. The van der Waals surface area contributed by atoms with Gasteiger partial charge in [-0.2, -0.15) is 5.26 Å². The van der Waals surface area contributed by atoms with Gasteiger partial charge in [0.15, 0.2) is 0 Å². The number of hydrogen-bond acceptors (Lipinski definition) is 2. The number of rotatable bonds is 2. The minimum Gasteiger partial charge on any atom is -0.460 e. The molecule has 1 heterocycles. The van der Waals surface area contributed by atoms with Crippen molar-refractivity contribution in [3.63, 3.8) is 0 Å². The van der Waals surface area contributed by atoms with E-state index < -0.39 is 0 Å². The molecular weight excluding hydrogens is 234 g/mol. The third kappa shape index (κ3) is 2.11. The number of benzene rings is 2. The predicted octanol–water partition coefficient (Wildman–Crippen LogP) is 4.20. The maximum atomic E-state index is 8.79. The average molecular weight is 247 g/mol. The van der Waals surface area contributed by atoms with Crippen molar-refractivity contribution >= 4 is 11.0 Å². The van der Waals surface area contributed by atoms with Crippen molar-refractivity contribution in [2.75, 3.05) is 0 Å². The Kier molecular flexibility index (Phi) is 2.81. The maximum absolute atomic E-state index is 8.79. The van der Waals surface area contributed by atoms with Gasteiger partial charge in [0, 0.05) is 11.8 Å². The smallest absolute Gasteiger partial charge is 0.134 e. The average Bonchev–Trinajstić information content (AvgIpc) is 2.77. The first-order valence-electron chi connectivity index (χ1n) is 6.24. The number of nitriles is 1. The van der Waals surface area contributed by atoms with Crippen molar-refractivity contribution in [3.8, 4) is 6.07 Å². The lowest BCUT2D eigenvalue weighted by Gasteiger charge is -1.99. The van der Waals surface area contributed by atoms with E-state index in [9.17, 15) is 0 Å². The molecule has 0 unspecified atom stereocenters. The third-order valence-electron chi connectivity index (χ3n) is 3.39. The van der Waals surface area contributed by atoms with Crippen molar-refractivity contribution in [3.05, 3.63) is 71.0 Å². The summed E-state index contributed by atoms with van der Waals surface area (Å²) in [5, 5.41) is 9.96. The van der Waals surface area contributed by atoms with Crippen molar-refractivity contribution in [1.82, 2.24) is 0 Å². The lowest BCUT2D eigenvalue weighted by atomic mass is 10.0. The minimum absolute atomic E-state index is 0.685. The van der Waals surface area contributed by atoms with Gasteiger partial charge in [0.05, 0.1) is 11.6 Å². The Balaban J connectivity index is 1.96. The quantitative estimate of drug-likeness (QED) is 0.680. The molecule has 0 amide bonds. The van der Waals surface area contributed by atoms with Crippen LogP contribution in [0.2, 0.25) is 0 Å². The first-order chi connectivity index (χ1) is 9.28. The highest BCUT2D eigenvalue weighted by molar-refractivity contribution is 5.81. The molecule has 2 nitrogen and oxygen atoms in total. The van der Waals surface area contributed by atoms with Crippen molar-refractivity contribution in [2.24, 2.45) is 0 Å². The Morgan fingerprint density at radius 2 is 1.79 bits per heavy atom. The van der Waals surface area contributed by atoms with E-state index in [2.05, 4.69) is 19.1 Å². The molecule has 2 heteroatoms. The number of hydrogen-bond donors (Lipinski definition) is 0. The Morgan fingerprint density at radius 1 is 1.05 bits per heavy atom. The first-order valence-corrected chi connectivity index (χ1v) is 6.24. The van der Waals surface area contributed by atoms with E-state index in [4.69, 9.17) is 9.68 Å². The molecule has 19 heavy (non-hydrogen) atoms. The summed E-state index contributed by atoms with van der Waals surface area (Å²) < 4.78 is 5.89. The summed E-state index contributed by atoms with van der Waals surface area (Å²) in [4.78, 5) is 0. The van der Waals surface area contributed by atoms with Gasteiger partial charge in [0.1, 0.15) is 11.3 Å². The molecule has 0 aliphatic rings. The highest BCUT2D eigenvalue weighted by Gasteiger charge is 2.10. The SMILES string of the molecule is Cc1c(Cc2ccc(C#N)cc2)oc2ccccc12. The van der Waals surface area contributed by atoms with E-state index >= 15 is 0 Å². The van der Waals surface area contributed by atoms with Gasteiger partial charge < -0.3 is 4.42 Å². The molecule has 0 saturated heterocycles. The van der Waals surface area contributed by atoms with Gasteiger partial charge >= 0.3 is 0 Å². The molecule has 0 bridgehead atoms. The normalized spacial score (nSPS) is 10.5. The highest BCUT2D eigenvalue weighted by Crippen LogP contribution is 2.26. The lowest BCUT2D eigenvalue weighted by Crippen LogP contribution is -1.88. The fraction of sp³-hybridized carbons (Fsp3) is 0.118. The zero-order valence-electron chi connectivity index (χ0n) is 10.7. The van der Waals surface area contributed by atoms with Gasteiger partial charge in [-0.25, -0.2) is 0 Å². The van der Waals surface area contributed by atoms with Gasteiger partial charge in [0.25, 0.3) is 0 Å². The molecule has 92 valence electrons.